The van der Waals surface area contributed by atoms with E-state index >= 15 is 0 Å². The van der Waals surface area contributed by atoms with Crippen LogP contribution in [0, 0.1) is 5.82 Å². The van der Waals surface area contributed by atoms with Crippen molar-refractivity contribution in [2.75, 3.05) is 5.32 Å². The fourth-order valence-electron chi connectivity index (χ4n) is 1.71. The minimum absolute atomic E-state index is 0.0360. The van der Waals surface area contributed by atoms with Gasteiger partial charge in [-0.2, -0.15) is 13.2 Å². The first-order chi connectivity index (χ1) is 10.8. The second-order valence-electron chi connectivity index (χ2n) is 4.54. The molecule has 0 atom stereocenters. The normalized spacial score (nSPS) is 11.3. The molecular weight excluding hydrogens is 318 g/mol. The largest absolute Gasteiger partial charge is 0.416 e. The highest BCUT2D eigenvalue weighted by molar-refractivity contribution is 5.87. The summed E-state index contributed by atoms with van der Waals surface area (Å²) >= 11 is 0. The molecule has 1 aromatic carbocycles. The van der Waals surface area contributed by atoms with Gasteiger partial charge in [-0.3, -0.25) is 10.00 Å². The third-order valence-corrected chi connectivity index (χ3v) is 2.90. The van der Waals surface area contributed by atoms with Gasteiger partial charge in [0.25, 0.3) is 0 Å². The number of anilines is 1. The SMILES string of the molecule is CCn1cnc(NC(=O)NCc2cc(C(F)(F)F)ccc2F)n1. The number of urea groups is 1. The third-order valence-electron chi connectivity index (χ3n) is 2.90. The number of alkyl halides is 3. The Kier molecular flexibility index (Phi) is 4.82. The highest BCUT2D eigenvalue weighted by Crippen LogP contribution is 2.30. The lowest BCUT2D eigenvalue weighted by Gasteiger charge is -2.10. The maximum Gasteiger partial charge on any atom is 0.416 e. The number of rotatable bonds is 4. The van der Waals surface area contributed by atoms with Gasteiger partial charge < -0.3 is 5.32 Å². The van der Waals surface area contributed by atoms with Gasteiger partial charge in [-0.05, 0) is 25.1 Å². The zero-order valence-electron chi connectivity index (χ0n) is 12.0. The first kappa shape index (κ1) is 16.7. The summed E-state index contributed by atoms with van der Waals surface area (Å²) in [5.74, 6) is -0.805. The summed E-state index contributed by atoms with van der Waals surface area (Å²) < 4.78 is 52.7. The second-order valence-corrected chi connectivity index (χ2v) is 4.54. The Labute approximate surface area is 128 Å². The van der Waals surface area contributed by atoms with Gasteiger partial charge >= 0.3 is 12.2 Å². The zero-order valence-corrected chi connectivity index (χ0v) is 12.0. The van der Waals surface area contributed by atoms with Crippen LogP contribution >= 0.6 is 0 Å². The number of halogens is 4. The molecule has 0 radical (unpaired) electrons. The quantitative estimate of drug-likeness (QED) is 0.846. The van der Waals surface area contributed by atoms with Crippen LogP contribution in [0.3, 0.4) is 0 Å². The van der Waals surface area contributed by atoms with Crippen LogP contribution in [0.1, 0.15) is 18.1 Å². The number of benzene rings is 1. The van der Waals surface area contributed by atoms with Crippen molar-refractivity contribution in [3.63, 3.8) is 0 Å². The molecule has 23 heavy (non-hydrogen) atoms. The van der Waals surface area contributed by atoms with Crippen LogP contribution in [0.15, 0.2) is 24.5 Å². The molecule has 124 valence electrons. The van der Waals surface area contributed by atoms with E-state index in [-0.39, 0.29) is 11.5 Å². The van der Waals surface area contributed by atoms with Crippen LogP contribution in [0.2, 0.25) is 0 Å². The van der Waals surface area contributed by atoms with Crippen LogP contribution in [0.4, 0.5) is 28.3 Å². The number of aromatic nitrogens is 3. The summed E-state index contributed by atoms with van der Waals surface area (Å²) in [5.41, 5.74) is -1.26. The molecule has 2 amide bonds. The lowest BCUT2D eigenvalue weighted by Crippen LogP contribution is -2.29. The van der Waals surface area contributed by atoms with E-state index in [0.29, 0.717) is 24.7 Å². The van der Waals surface area contributed by atoms with E-state index < -0.39 is 30.1 Å². The molecule has 0 saturated heterocycles. The summed E-state index contributed by atoms with van der Waals surface area (Å²) in [6.07, 6.45) is -3.18. The number of nitrogens with one attached hydrogen (secondary N) is 2. The summed E-state index contributed by atoms with van der Waals surface area (Å²) in [6, 6.07) is 1.25. The van der Waals surface area contributed by atoms with E-state index in [0.717, 1.165) is 0 Å². The van der Waals surface area contributed by atoms with Crippen molar-refractivity contribution in [3.05, 3.63) is 41.5 Å². The number of carbonyl (C=O) groups is 1. The van der Waals surface area contributed by atoms with Crippen LogP contribution in [0.5, 0.6) is 0 Å². The molecule has 0 aliphatic heterocycles. The number of aryl methyl sites for hydroxylation is 1. The van der Waals surface area contributed by atoms with Crippen molar-refractivity contribution in [2.24, 2.45) is 0 Å². The van der Waals surface area contributed by atoms with Crippen molar-refractivity contribution >= 4 is 12.0 Å². The highest BCUT2D eigenvalue weighted by atomic mass is 19.4. The minimum atomic E-state index is -4.58. The van der Waals surface area contributed by atoms with Crippen LogP contribution in [-0.4, -0.2) is 20.8 Å². The Bertz CT molecular complexity index is 698. The van der Waals surface area contributed by atoms with Crippen LogP contribution in [0.25, 0.3) is 0 Å². The molecule has 1 aromatic heterocycles. The standard InChI is InChI=1S/C13H13F4N5O/c1-2-22-7-19-11(21-22)20-12(23)18-6-8-5-9(13(15,16)17)3-4-10(8)14/h3-5,7H,2,6H2,1H3,(H2,18,20,21,23). The fraction of sp³-hybridized carbons (Fsp3) is 0.308. The second kappa shape index (κ2) is 6.63. The van der Waals surface area contributed by atoms with Gasteiger partial charge in [0.15, 0.2) is 0 Å². The molecule has 6 nitrogen and oxygen atoms in total. The minimum Gasteiger partial charge on any atom is -0.334 e. The predicted molar refractivity (Wildman–Crippen MR) is 73.0 cm³/mol. The number of hydrogen-bond acceptors (Lipinski definition) is 3. The number of hydrogen-bond donors (Lipinski definition) is 2. The molecule has 0 fully saturated rings. The molecule has 0 bridgehead atoms. The number of nitrogens with zero attached hydrogens (tertiary/aromatic N) is 3. The van der Waals surface area contributed by atoms with Gasteiger partial charge in [-0.25, -0.2) is 14.2 Å². The summed E-state index contributed by atoms with van der Waals surface area (Å²) in [4.78, 5) is 15.4. The average molecular weight is 331 g/mol. The van der Waals surface area contributed by atoms with E-state index in [1.165, 1.54) is 11.0 Å². The Morgan fingerprint density at radius 2 is 2.09 bits per heavy atom. The lowest BCUT2D eigenvalue weighted by molar-refractivity contribution is -0.137. The van der Waals surface area contributed by atoms with Gasteiger partial charge in [-0.15, -0.1) is 5.10 Å². The van der Waals surface area contributed by atoms with Crippen molar-refractivity contribution in [3.8, 4) is 0 Å². The first-order valence-electron chi connectivity index (χ1n) is 6.59. The Balaban J connectivity index is 1.98. The molecule has 2 aromatic rings. The fourth-order valence-corrected chi connectivity index (χ4v) is 1.71. The molecule has 10 heteroatoms. The van der Waals surface area contributed by atoms with E-state index in [2.05, 4.69) is 20.7 Å². The van der Waals surface area contributed by atoms with Crippen LogP contribution in [-0.2, 0) is 19.3 Å². The Morgan fingerprint density at radius 3 is 2.70 bits per heavy atom. The summed E-state index contributed by atoms with van der Waals surface area (Å²) in [7, 11) is 0. The van der Waals surface area contributed by atoms with Crippen molar-refractivity contribution in [1.82, 2.24) is 20.1 Å². The topological polar surface area (TPSA) is 71.8 Å². The van der Waals surface area contributed by atoms with E-state index in [9.17, 15) is 22.4 Å². The van der Waals surface area contributed by atoms with E-state index in [1.807, 2.05) is 6.92 Å². The summed E-state index contributed by atoms with van der Waals surface area (Å²) in [5, 5.41) is 8.44. The predicted octanol–water partition coefficient (Wildman–Crippen LogP) is 2.78. The number of carbonyl (C=O) groups excluding carboxylic acids is 1. The van der Waals surface area contributed by atoms with Gasteiger partial charge in [0.05, 0.1) is 5.56 Å². The van der Waals surface area contributed by atoms with Crippen LogP contribution < -0.4 is 10.6 Å². The van der Waals surface area contributed by atoms with Crippen molar-refractivity contribution < 1.29 is 22.4 Å². The molecule has 0 saturated carbocycles. The van der Waals surface area contributed by atoms with Gasteiger partial charge in [0.1, 0.15) is 12.1 Å². The van der Waals surface area contributed by atoms with E-state index in [1.54, 1.807) is 0 Å². The van der Waals surface area contributed by atoms with Gasteiger partial charge in [0.2, 0.25) is 5.95 Å². The molecular formula is C13H13F4N5O. The monoisotopic (exact) mass is 331 g/mol. The van der Waals surface area contributed by atoms with Gasteiger partial charge in [-0.1, -0.05) is 0 Å². The highest BCUT2D eigenvalue weighted by Gasteiger charge is 2.31. The molecule has 0 spiro atoms. The molecule has 1 heterocycles. The zero-order chi connectivity index (χ0) is 17.0. The lowest BCUT2D eigenvalue weighted by atomic mass is 10.1. The smallest absolute Gasteiger partial charge is 0.334 e. The molecule has 2 N–H and O–H groups in total. The Hall–Kier alpha value is -2.65. The van der Waals surface area contributed by atoms with Gasteiger partial charge in [0, 0.05) is 18.7 Å². The maximum absolute atomic E-state index is 13.5. The molecule has 2 rings (SSSR count). The average Bonchev–Trinajstić information content (AvgIpc) is 2.92. The first-order valence-corrected chi connectivity index (χ1v) is 6.59. The maximum atomic E-state index is 13.5. The number of amides is 2. The summed E-state index contributed by atoms with van der Waals surface area (Å²) in [6.45, 7) is 1.98. The molecule has 0 aliphatic carbocycles. The van der Waals surface area contributed by atoms with Crippen molar-refractivity contribution in [1.29, 1.82) is 0 Å². The van der Waals surface area contributed by atoms with E-state index in [4.69, 9.17) is 0 Å². The third kappa shape index (κ3) is 4.41. The molecule has 0 aliphatic rings. The molecule has 0 unspecified atom stereocenters. The van der Waals surface area contributed by atoms with Crippen molar-refractivity contribution in [2.45, 2.75) is 26.2 Å². The Morgan fingerprint density at radius 1 is 1.35 bits per heavy atom.